The number of rotatable bonds is 16. The van der Waals surface area contributed by atoms with Gasteiger partial charge in [-0.3, -0.25) is 0 Å². The van der Waals surface area contributed by atoms with Gasteiger partial charge in [0.15, 0.2) is 0 Å². The van der Waals surface area contributed by atoms with Gasteiger partial charge >= 0.3 is 0 Å². The van der Waals surface area contributed by atoms with Crippen molar-refractivity contribution < 1.29 is 9.90 Å². The zero-order chi connectivity index (χ0) is 21.5. The van der Waals surface area contributed by atoms with Crippen LogP contribution in [0.2, 0.25) is 0 Å². The van der Waals surface area contributed by atoms with Crippen molar-refractivity contribution in [2.24, 2.45) is 0 Å². The van der Waals surface area contributed by atoms with Crippen molar-refractivity contribution >= 4 is 5.78 Å². The summed E-state index contributed by atoms with van der Waals surface area (Å²) in [5.74, 6) is 0.334. The van der Waals surface area contributed by atoms with Gasteiger partial charge in [0, 0.05) is 6.42 Å². The average molecular weight is 415 g/mol. The molecule has 0 saturated heterocycles. The molecular weight excluding hydrogens is 368 g/mol. The van der Waals surface area contributed by atoms with Crippen LogP contribution >= 0.6 is 0 Å². The smallest absolute Gasteiger partial charge is 0.129 e. The van der Waals surface area contributed by atoms with Crippen molar-refractivity contribution in [3.63, 3.8) is 0 Å². The van der Waals surface area contributed by atoms with Crippen molar-refractivity contribution in [1.82, 2.24) is 0 Å². The average Bonchev–Trinajstić information content (AvgIpc) is 2.74. The highest BCUT2D eigenvalue weighted by atomic mass is 16.3. The van der Waals surface area contributed by atoms with Crippen LogP contribution in [-0.4, -0.2) is 10.9 Å². The number of aryl methyl sites for hydroxylation is 1. The molecule has 0 radical (unpaired) electrons. The molecule has 1 aromatic carbocycles. The lowest BCUT2D eigenvalue weighted by atomic mass is 9.77. The normalized spacial score (nSPS) is 15.9. The Balaban J connectivity index is 1.48. The van der Waals surface area contributed by atoms with Gasteiger partial charge in [-0.1, -0.05) is 108 Å². The number of hydrogen-bond acceptors (Lipinski definition) is 2. The lowest BCUT2D eigenvalue weighted by Crippen LogP contribution is -2.29. The fourth-order valence-corrected chi connectivity index (χ4v) is 5.06. The topological polar surface area (TPSA) is 37.3 Å². The first kappa shape index (κ1) is 25.1. The SMILES string of the molecule is CC(=O)CCCCCCCCCCCCCCc1ccccc1C1(O)CCCCC1. The second-order valence-electron chi connectivity index (χ2n) is 9.69. The van der Waals surface area contributed by atoms with Crippen molar-refractivity contribution in [3.05, 3.63) is 35.4 Å². The zero-order valence-electron chi connectivity index (χ0n) is 19.6. The first-order valence-electron chi connectivity index (χ1n) is 12.9. The number of ketones is 1. The van der Waals surface area contributed by atoms with E-state index < -0.39 is 5.60 Å². The molecule has 1 aliphatic carbocycles. The van der Waals surface area contributed by atoms with Gasteiger partial charge < -0.3 is 9.90 Å². The Kier molecular flexibility index (Phi) is 12.4. The Labute approximate surface area is 185 Å². The lowest BCUT2D eigenvalue weighted by Gasteiger charge is -2.34. The maximum absolute atomic E-state index is 11.1. The molecule has 0 bridgehead atoms. The summed E-state index contributed by atoms with van der Waals surface area (Å²) in [6.07, 6.45) is 23.0. The third-order valence-electron chi connectivity index (χ3n) is 6.92. The van der Waals surface area contributed by atoms with Gasteiger partial charge in [0.25, 0.3) is 0 Å². The molecule has 2 heteroatoms. The fourth-order valence-electron chi connectivity index (χ4n) is 5.06. The summed E-state index contributed by atoms with van der Waals surface area (Å²) in [6.45, 7) is 1.70. The van der Waals surface area contributed by atoms with E-state index in [9.17, 15) is 9.90 Å². The highest BCUT2D eigenvalue weighted by Gasteiger charge is 2.32. The van der Waals surface area contributed by atoms with Crippen LogP contribution in [0.4, 0.5) is 0 Å². The van der Waals surface area contributed by atoms with Crippen molar-refractivity contribution in [2.75, 3.05) is 0 Å². The maximum Gasteiger partial charge on any atom is 0.129 e. The molecular formula is C28H46O2. The number of benzene rings is 1. The minimum atomic E-state index is -0.567. The summed E-state index contributed by atoms with van der Waals surface area (Å²) >= 11 is 0. The molecule has 0 amide bonds. The molecule has 1 N–H and O–H groups in total. The van der Waals surface area contributed by atoms with Crippen molar-refractivity contribution in [2.45, 2.75) is 135 Å². The number of aliphatic hydroxyl groups is 1. The molecule has 0 spiro atoms. The molecule has 0 heterocycles. The van der Waals surface area contributed by atoms with Gasteiger partial charge in [-0.15, -0.1) is 0 Å². The highest BCUT2D eigenvalue weighted by Crippen LogP contribution is 2.38. The molecule has 0 aliphatic heterocycles. The summed E-state index contributed by atoms with van der Waals surface area (Å²) in [7, 11) is 0. The standard InChI is InChI=1S/C28H46O2/c1-25(29)19-13-10-8-6-4-2-3-5-7-9-11-14-20-26-21-15-16-22-27(26)28(30)23-17-12-18-24-28/h15-16,21-22,30H,2-14,17-20,23-24H2,1H3. The maximum atomic E-state index is 11.1. The van der Waals surface area contributed by atoms with E-state index >= 15 is 0 Å². The summed E-state index contributed by atoms with van der Waals surface area (Å²) in [5.41, 5.74) is 2.03. The van der Waals surface area contributed by atoms with Gasteiger partial charge in [0.2, 0.25) is 0 Å². The number of carbonyl (C=O) groups excluding carboxylic acids is 1. The van der Waals surface area contributed by atoms with E-state index in [1.807, 2.05) is 0 Å². The third kappa shape index (κ3) is 9.77. The van der Waals surface area contributed by atoms with Gasteiger partial charge in [0.1, 0.15) is 5.78 Å². The quantitative estimate of drug-likeness (QED) is 0.278. The van der Waals surface area contributed by atoms with E-state index in [1.165, 1.54) is 88.2 Å². The molecule has 1 fully saturated rings. The van der Waals surface area contributed by atoms with E-state index in [4.69, 9.17) is 0 Å². The number of unbranched alkanes of at least 4 members (excludes halogenated alkanes) is 11. The van der Waals surface area contributed by atoms with E-state index in [2.05, 4.69) is 24.3 Å². The van der Waals surface area contributed by atoms with Crippen LogP contribution in [0.25, 0.3) is 0 Å². The first-order chi connectivity index (χ1) is 14.6. The summed E-state index contributed by atoms with van der Waals surface area (Å²) in [4.78, 5) is 10.9. The first-order valence-corrected chi connectivity index (χ1v) is 12.9. The second-order valence-corrected chi connectivity index (χ2v) is 9.69. The minimum Gasteiger partial charge on any atom is -0.385 e. The van der Waals surface area contributed by atoms with Gasteiger partial charge in [0.05, 0.1) is 5.60 Å². The van der Waals surface area contributed by atoms with Crippen LogP contribution in [0.15, 0.2) is 24.3 Å². The van der Waals surface area contributed by atoms with E-state index in [1.54, 1.807) is 6.92 Å². The minimum absolute atomic E-state index is 0.334. The van der Waals surface area contributed by atoms with Crippen LogP contribution in [0.3, 0.4) is 0 Å². The van der Waals surface area contributed by atoms with Crippen LogP contribution in [0.5, 0.6) is 0 Å². The Hall–Kier alpha value is -1.15. The third-order valence-corrected chi connectivity index (χ3v) is 6.92. The molecule has 2 rings (SSSR count). The van der Waals surface area contributed by atoms with Crippen molar-refractivity contribution in [1.29, 1.82) is 0 Å². The molecule has 1 aromatic rings. The monoisotopic (exact) mass is 414 g/mol. The molecule has 1 aliphatic rings. The predicted molar refractivity (Wildman–Crippen MR) is 128 cm³/mol. The van der Waals surface area contributed by atoms with Crippen LogP contribution in [0.1, 0.15) is 134 Å². The Bertz CT molecular complexity index is 586. The number of carbonyl (C=O) groups is 1. The summed E-state index contributed by atoms with van der Waals surface area (Å²) < 4.78 is 0. The molecule has 0 unspecified atom stereocenters. The van der Waals surface area contributed by atoms with Gasteiger partial charge in [-0.2, -0.15) is 0 Å². The second kappa shape index (κ2) is 14.8. The molecule has 1 saturated carbocycles. The van der Waals surface area contributed by atoms with Crippen LogP contribution in [-0.2, 0) is 16.8 Å². The van der Waals surface area contributed by atoms with Crippen LogP contribution in [0, 0.1) is 0 Å². The van der Waals surface area contributed by atoms with Gasteiger partial charge in [-0.25, -0.2) is 0 Å². The zero-order valence-corrected chi connectivity index (χ0v) is 19.6. The Morgan fingerprint density at radius 1 is 0.767 bits per heavy atom. The van der Waals surface area contributed by atoms with Crippen molar-refractivity contribution in [3.8, 4) is 0 Å². The van der Waals surface area contributed by atoms with Crippen LogP contribution < -0.4 is 0 Å². The van der Waals surface area contributed by atoms with E-state index in [0.717, 1.165) is 44.9 Å². The number of Topliss-reactive ketones (excluding diaryl/α,β-unsaturated/α-hetero) is 1. The molecule has 30 heavy (non-hydrogen) atoms. The number of hydrogen-bond donors (Lipinski definition) is 1. The molecule has 0 aromatic heterocycles. The van der Waals surface area contributed by atoms with E-state index in [0.29, 0.717) is 5.78 Å². The highest BCUT2D eigenvalue weighted by molar-refractivity contribution is 5.75. The van der Waals surface area contributed by atoms with E-state index in [-0.39, 0.29) is 0 Å². The van der Waals surface area contributed by atoms with Gasteiger partial charge in [-0.05, 0) is 50.2 Å². The Morgan fingerprint density at radius 3 is 1.83 bits per heavy atom. The Morgan fingerprint density at radius 2 is 1.27 bits per heavy atom. The molecule has 0 atom stereocenters. The largest absolute Gasteiger partial charge is 0.385 e. The molecule has 170 valence electrons. The fraction of sp³-hybridized carbons (Fsp3) is 0.750. The predicted octanol–water partition coefficient (Wildman–Crippen LogP) is 8.04. The summed E-state index contributed by atoms with van der Waals surface area (Å²) in [5, 5.41) is 11.1. The lowest BCUT2D eigenvalue weighted by molar-refractivity contribution is -0.117. The molecule has 2 nitrogen and oxygen atoms in total. The summed E-state index contributed by atoms with van der Waals surface area (Å²) in [6, 6.07) is 8.64.